The van der Waals surface area contributed by atoms with Crippen molar-refractivity contribution in [1.82, 2.24) is 0 Å². The third-order valence-corrected chi connectivity index (χ3v) is 2.26. The second-order valence-corrected chi connectivity index (χ2v) is 3.76. The summed E-state index contributed by atoms with van der Waals surface area (Å²) >= 11 is 0. The first-order valence-corrected chi connectivity index (χ1v) is 5.19. The number of guanidine groups is 1. The van der Waals surface area contributed by atoms with E-state index in [-0.39, 0.29) is 0 Å². The molecule has 0 unspecified atom stereocenters. The van der Waals surface area contributed by atoms with Crippen LogP contribution in [0.3, 0.4) is 0 Å². The highest BCUT2D eigenvalue weighted by molar-refractivity contribution is 5.93. The zero-order valence-corrected chi connectivity index (χ0v) is 9.89. The second-order valence-electron chi connectivity index (χ2n) is 3.76. The predicted octanol–water partition coefficient (Wildman–Crippen LogP) is 2.36. The van der Waals surface area contributed by atoms with Crippen molar-refractivity contribution in [2.45, 2.75) is 27.7 Å². The van der Waals surface area contributed by atoms with Gasteiger partial charge in [0.05, 0.1) is 0 Å². The normalized spacial score (nSPS) is 11.6. The van der Waals surface area contributed by atoms with Crippen LogP contribution in [0.2, 0.25) is 0 Å². The summed E-state index contributed by atoms with van der Waals surface area (Å²) < 4.78 is 0. The van der Waals surface area contributed by atoms with Crippen molar-refractivity contribution in [3.8, 4) is 0 Å². The molecule has 0 aliphatic rings. The molecule has 0 aromatic heterocycles. The van der Waals surface area contributed by atoms with Crippen molar-refractivity contribution in [2.75, 3.05) is 11.9 Å². The van der Waals surface area contributed by atoms with Crippen LogP contribution < -0.4 is 11.1 Å². The Labute approximate surface area is 91.4 Å². The number of nitrogens with zero attached hydrogens (tertiary/aromatic N) is 1. The zero-order valence-electron chi connectivity index (χ0n) is 9.89. The maximum atomic E-state index is 5.73. The minimum atomic E-state index is 0.479. The van der Waals surface area contributed by atoms with E-state index in [4.69, 9.17) is 5.73 Å². The summed E-state index contributed by atoms with van der Waals surface area (Å²) in [5, 5.41) is 3.13. The Kier molecular flexibility index (Phi) is 3.72. The Morgan fingerprint density at radius 2 is 1.80 bits per heavy atom. The van der Waals surface area contributed by atoms with Crippen LogP contribution in [0.5, 0.6) is 0 Å². The molecule has 0 saturated carbocycles. The van der Waals surface area contributed by atoms with Gasteiger partial charge in [0.2, 0.25) is 0 Å². The second kappa shape index (κ2) is 4.82. The van der Waals surface area contributed by atoms with Crippen LogP contribution in [-0.4, -0.2) is 12.5 Å². The average Bonchev–Trinajstić information content (AvgIpc) is 2.11. The lowest BCUT2D eigenvalue weighted by Crippen LogP contribution is -2.23. The summed E-state index contributed by atoms with van der Waals surface area (Å²) in [5.41, 5.74) is 10.5. The van der Waals surface area contributed by atoms with E-state index in [0.717, 1.165) is 5.69 Å². The lowest BCUT2D eigenvalue weighted by atomic mass is 10.1. The molecule has 0 fully saturated rings. The Bertz CT molecular complexity index is 357. The molecule has 1 aromatic rings. The summed E-state index contributed by atoms with van der Waals surface area (Å²) in [6.45, 7) is 8.89. The number of anilines is 1. The number of benzene rings is 1. The van der Waals surface area contributed by atoms with Gasteiger partial charge in [-0.05, 0) is 38.8 Å². The highest BCUT2D eigenvalue weighted by atomic mass is 15.1. The predicted molar refractivity (Wildman–Crippen MR) is 66.4 cm³/mol. The molecule has 3 nitrogen and oxygen atoms in total. The molecule has 0 radical (unpaired) electrons. The fourth-order valence-corrected chi connectivity index (χ4v) is 1.72. The third-order valence-electron chi connectivity index (χ3n) is 2.26. The molecule has 1 rings (SSSR count). The van der Waals surface area contributed by atoms with Crippen LogP contribution in [0, 0.1) is 20.8 Å². The van der Waals surface area contributed by atoms with E-state index in [1.165, 1.54) is 16.7 Å². The summed E-state index contributed by atoms with van der Waals surface area (Å²) in [6.07, 6.45) is 0. The molecule has 0 amide bonds. The average molecular weight is 205 g/mol. The third kappa shape index (κ3) is 2.98. The monoisotopic (exact) mass is 205 g/mol. The molecule has 3 heteroatoms. The Morgan fingerprint density at radius 3 is 2.27 bits per heavy atom. The van der Waals surface area contributed by atoms with Crippen molar-refractivity contribution in [3.63, 3.8) is 0 Å². The summed E-state index contributed by atoms with van der Waals surface area (Å²) in [4.78, 5) is 4.11. The molecular weight excluding hydrogens is 186 g/mol. The SMILES string of the molecule is CCN=C(N)Nc1c(C)cc(C)cc1C. The highest BCUT2D eigenvalue weighted by Gasteiger charge is 2.04. The quantitative estimate of drug-likeness (QED) is 0.575. The Balaban J connectivity index is 3.00. The summed E-state index contributed by atoms with van der Waals surface area (Å²) in [5.74, 6) is 0.479. The molecule has 1 aromatic carbocycles. The van der Waals surface area contributed by atoms with Crippen molar-refractivity contribution in [1.29, 1.82) is 0 Å². The van der Waals surface area contributed by atoms with Gasteiger partial charge in [-0.25, -0.2) is 0 Å². The molecule has 15 heavy (non-hydrogen) atoms. The van der Waals surface area contributed by atoms with Crippen LogP contribution in [0.25, 0.3) is 0 Å². The van der Waals surface area contributed by atoms with Gasteiger partial charge in [0.1, 0.15) is 0 Å². The minimum Gasteiger partial charge on any atom is -0.370 e. The van der Waals surface area contributed by atoms with Gasteiger partial charge in [0.25, 0.3) is 0 Å². The first-order valence-electron chi connectivity index (χ1n) is 5.19. The van der Waals surface area contributed by atoms with E-state index in [9.17, 15) is 0 Å². The van der Waals surface area contributed by atoms with Gasteiger partial charge in [0.15, 0.2) is 5.96 Å². The van der Waals surface area contributed by atoms with Crippen molar-refractivity contribution < 1.29 is 0 Å². The lowest BCUT2D eigenvalue weighted by Gasteiger charge is -2.12. The fraction of sp³-hybridized carbons (Fsp3) is 0.417. The molecule has 0 saturated heterocycles. The maximum absolute atomic E-state index is 5.73. The fourth-order valence-electron chi connectivity index (χ4n) is 1.72. The van der Waals surface area contributed by atoms with Crippen molar-refractivity contribution in [2.24, 2.45) is 10.7 Å². The number of rotatable bonds is 2. The van der Waals surface area contributed by atoms with Gasteiger partial charge in [-0.1, -0.05) is 17.7 Å². The molecule has 82 valence electrons. The first-order chi connectivity index (χ1) is 7.04. The number of aliphatic imine (C=N–C) groups is 1. The van der Waals surface area contributed by atoms with E-state index < -0.39 is 0 Å². The molecule has 3 N–H and O–H groups in total. The molecule has 0 spiro atoms. The lowest BCUT2D eigenvalue weighted by molar-refractivity contribution is 1.12. The molecular formula is C12H19N3. The van der Waals surface area contributed by atoms with Crippen molar-refractivity contribution in [3.05, 3.63) is 28.8 Å². The molecule has 0 heterocycles. The zero-order chi connectivity index (χ0) is 11.4. The largest absolute Gasteiger partial charge is 0.370 e. The molecule has 0 bridgehead atoms. The van der Waals surface area contributed by atoms with Gasteiger partial charge < -0.3 is 11.1 Å². The van der Waals surface area contributed by atoms with E-state index in [0.29, 0.717) is 12.5 Å². The van der Waals surface area contributed by atoms with Crippen molar-refractivity contribution >= 4 is 11.6 Å². The van der Waals surface area contributed by atoms with Gasteiger partial charge in [-0.15, -0.1) is 0 Å². The topological polar surface area (TPSA) is 50.4 Å². The van der Waals surface area contributed by atoms with Gasteiger partial charge in [-0.3, -0.25) is 4.99 Å². The highest BCUT2D eigenvalue weighted by Crippen LogP contribution is 2.21. The number of hydrogen-bond acceptors (Lipinski definition) is 1. The van der Waals surface area contributed by atoms with Gasteiger partial charge in [0, 0.05) is 12.2 Å². The van der Waals surface area contributed by atoms with E-state index in [1.54, 1.807) is 0 Å². The van der Waals surface area contributed by atoms with Crippen LogP contribution in [-0.2, 0) is 0 Å². The molecule has 0 atom stereocenters. The number of hydrogen-bond donors (Lipinski definition) is 2. The Hall–Kier alpha value is -1.51. The Morgan fingerprint density at radius 1 is 1.27 bits per heavy atom. The van der Waals surface area contributed by atoms with Crippen LogP contribution in [0.1, 0.15) is 23.6 Å². The van der Waals surface area contributed by atoms with Gasteiger partial charge in [-0.2, -0.15) is 0 Å². The minimum absolute atomic E-state index is 0.479. The van der Waals surface area contributed by atoms with E-state index >= 15 is 0 Å². The standard InChI is InChI=1S/C12H19N3/c1-5-14-12(13)15-11-9(3)6-8(2)7-10(11)4/h6-7H,5H2,1-4H3,(H3,13,14,15). The molecule has 0 aliphatic carbocycles. The number of aryl methyl sites for hydroxylation is 3. The van der Waals surface area contributed by atoms with Crippen LogP contribution in [0.15, 0.2) is 17.1 Å². The number of nitrogens with one attached hydrogen (secondary N) is 1. The van der Waals surface area contributed by atoms with Crippen LogP contribution in [0.4, 0.5) is 5.69 Å². The van der Waals surface area contributed by atoms with E-state index in [2.05, 4.69) is 43.2 Å². The summed E-state index contributed by atoms with van der Waals surface area (Å²) in [7, 11) is 0. The molecule has 0 aliphatic heterocycles. The van der Waals surface area contributed by atoms with E-state index in [1.807, 2.05) is 6.92 Å². The van der Waals surface area contributed by atoms with Crippen LogP contribution >= 0.6 is 0 Å². The number of nitrogens with two attached hydrogens (primary N) is 1. The van der Waals surface area contributed by atoms with Gasteiger partial charge >= 0.3 is 0 Å². The first kappa shape index (κ1) is 11.6. The summed E-state index contributed by atoms with van der Waals surface area (Å²) in [6, 6.07) is 4.27. The smallest absolute Gasteiger partial charge is 0.193 e. The maximum Gasteiger partial charge on any atom is 0.193 e.